The third-order valence-electron chi connectivity index (χ3n) is 3.19. The van der Waals surface area contributed by atoms with Gasteiger partial charge < -0.3 is 10.6 Å². The number of primary amides is 1. The molecule has 1 unspecified atom stereocenters. The van der Waals surface area contributed by atoms with Gasteiger partial charge in [0.05, 0.1) is 0 Å². The second kappa shape index (κ2) is 5.25. The van der Waals surface area contributed by atoms with Gasteiger partial charge in [0.2, 0.25) is 5.91 Å². The molecule has 17 heavy (non-hydrogen) atoms. The Morgan fingerprint density at radius 1 is 1.29 bits per heavy atom. The van der Waals surface area contributed by atoms with Crippen LogP contribution in [0.2, 0.25) is 0 Å². The minimum absolute atomic E-state index is 0.291. The minimum Gasteiger partial charge on any atom is -0.368 e. The Kier molecular flexibility index (Phi) is 3.71. The molecule has 0 bridgehead atoms. The van der Waals surface area contributed by atoms with E-state index in [4.69, 9.17) is 5.73 Å². The molecule has 0 spiro atoms. The molecule has 1 aliphatic rings. The Morgan fingerprint density at radius 2 is 1.88 bits per heavy atom. The normalized spacial score (nSPS) is 20.1. The summed E-state index contributed by atoms with van der Waals surface area (Å²) in [5.41, 5.74) is 6.45. The molecule has 1 amide bonds. The van der Waals surface area contributed by atoms with E-state index in [0.717, 1.165) is 31.7 Å². The summed E-state index contributed by atoms with van der Waals surface area (Å²) in [6, 6.07) is 3.38. The molecule has 0 aromatic carbocycles. The molecule has 2 rings (SSSR count). The van der Waals surface area contributed by atoms with Crippen LogP contribution in [0.5, 0.6) is 0 Å². The number of aromatic nitrogens is 1. The maximum absolute atomic E-state index is 11.6. The van der Waals surface area contributed by atoms with Crippen LogP contribution in [0.3, 0.4) is 0 Å². The molecule has 5 heteroatoms. The van der Waals surface area contributed by atoms with Crippen LogP contribution in [-0.4, -0.2) is 53.9 Å². The average Bonchev–Trinajstić information content (AvgIpc) is 2.33. The van der Waals surface area contributed by atoms with E-state index in [1.165, 1.54) is 0 Å². The molecule has 2 heterocycles. The Bertz CT molecular complexity index is 373. The summed E-state index contributed by atoms with van der Waals surface area (Å²) in [5, 5.41) is 0. The molecule has 92 valence electrons. The summed E-state index contributed by atoms with van der Waals surface area (Å²) in [4.78, 5) is 20.0. The van der Waals surface area contributed by atoms with Crippen LogP contribution < -0.4 is 5.73 Å². The smallest absolute Gasteiger partial charge is 0.239 e. The van der Waals surface area contributed by atoms with Crippen LogP contribution in [0.15, 0.2) is 24.5 Å². The summed E-state index contributed by atoms with van der Waals surface area (Å²) in [6.45, 7) is 3.67. The molecule has 1 fully saturated rings. The van der Waals surface area contributed by atoms with Crippen molar-refractivity contribution in [3.63, 3.8) is 0 Å². The number of amides is 1. The quantitative estimate of drug-likeness (QED) is 0.790. The van der Waals surface area contributed by atoms with Gasteiger partial charge in [-0.15, -0.1) is 0 Å². The van der Waals surface area contributed by atoms with E-state index in [0.29, 0.717) is 0 Å². The standard InChI is InChI=1S/C12H18N4O/c1-15-6-8-16(9-7-15)11(12(13)17)10-2-4-14-5-3-10/h2-5,11H,6-9H2,1H3,(H2,13,17). The summed E-state index contributed by atoms with van der Waals surface area (Å²) in [7, 11) is 2.09. The van der Waals surface area contributed by atoms with E-state index >= 15 is 0 Å². The highest BCUT2D eigenvalue weighted by Gasteiger charge is 2.27. The molecular weight excluding hydrogens is 216 g/mol. The molecule has 2 N–H and O–H groups in total. The van der Waals surface area contributed by atoms with Gasteiger partial charge in [0.1, 0.15) is 6.04 Å². The number of rotatable bonds is 3. The molecule has 1 aliphatic heterocycles. The molecule has 5 nitrogen and oxygen atoms in total. The summed E-state index contributed by atoms with van der Waals surface area (Å²) in [6.07, 6.45) is 3.39. The lowest BCUT2D eigenvalue weighted by atomic mass is 10.1. The predicted molar refractivity (Wildman–Crippen MR) is 65.2 cm³/mol. The lowest BCUT2D eigenvalue weighted by molar-refractivity contribution is -0.124. The van der Waals surface area contributed by atoms with Crippen molar-refractivity contribution in [2.45, 2.75) is 6.04 Å². The zero-order chi connectivity index (χ0) is 12.3. The van der Waals surface area contributed by atoms with Crippen molar-refractivity contribution in [2.24, 2.45) is 5.73 Å². The molecule has 1 atom stereocenters. The van der Waals surface area contributed by atoms with Crippen LogP contribution in [0, 0.1) is 0 Å². The summed E-state index contributed by atoms with van der Waals surface area (Å²) < 4.78 is 0. The zero-order valence-corrected chi connectivity index (χ0v) is 10.0. The fourth-order valence-electron chi connectivity index (χ4n) is 2.18. The van der Waals surface area contributed by atoms with E-state index in [1.54, 1.807) is 12.4 Å². The Hall–Kier alpha value is -1.46. The number of nitrogens with two attached hydrogens (primary N) is 1. The second-order valence-electron chi connectivity index (χ2n) is 4.42. The number of nitrogens with zero attached hydrogens (tertiary/aromatic N) is 3. The highest BCUT2D eigenvalue weighted by Crippen LogP contribution is 2.20. The molecule has 1 saturated heterocycles. The first-order valence-electron chi connectivity index (χ1n) is 5.80. The van der Waals surface area contributed by atoms with Crippen molar-refractivity contribution in [3.8, 4) is 0 Å². The van der Waals surface area contributed by atoms with E-state index in [9.17, 15) is 4.79 Å². The number of likely N-dealkylation sites (N-methyl/N-ethyl adjacent to an activating group) is 1. The third-order valence-corrected chi connectivity index (χ3v) is 3.19. The number of piperazine rings is 1. The maximum Gasteiger partial charge on any atom is 0.239 e. The third kappa shape index (κ3) is 2.81. The van der Waals surface area contributed by atoms with Gasteiger partial charge in [0.15, 0.2) is 0 Å². The van der Waals surface area contributed by atoms with Crippen molar-refractivity contribution in [2.75, 3.05) is 33.2 Å². The van der Waals surface area contributed by atoms with Crippen molar-refractivity contribution < 1.29 is 4.79 Å². The van der Waals surface area contributed by atoms with E-state index in [-0.39, 0.29) is 11.9 Å². The van der Waals surface area contributed by atoms with Crippen molar-refractivity contribution in [1.29, 1.82) is 0 Å². The highest BCUT2D eigenvalue weighted by molar-refractivity contribution is 5.81. The molecule has 1 aromatic heterocycles. The van der Waals surface area contributed by atoms with Gasteiger partial charge in [-0.1, -0.05) is 0 Å². The van der Waals surface area contributed by atoms with Crippen molar-refractivity contribution in [3.05, 3.63) is 30.1 Å². The van der Waals surface area contributed by atoms with Gasteiger partial charge in [0, 0.05) is 38.6 Å². The molecule has 1 aromatic rings. The van der Waals surface area contributed by atoms with Crippen LogP contribution in [0.25, 0.3) is 0 Å². The van der Waals surface area contributed by atoms with E-state index in [1.807, 2.05) is 12.1 Å². The van der Waals surface area contributed by atoms with Gasteiger partial charge in [-0.2, -0.15) is 0 Å². The molecular formula is C12H18N4O. The Morgan fingerprint density at radius 3 is 2.41 bits per heavy atom. The Labute approximate surface area is 101 Å². The number of hydrogen-bond donors (Lipinski definition) is 1. The average molecular weight is 234 g/mol. The predicted octanol–water partition coefficient (Wildman–Crippen LogP) is -0.145. The summed E-state index contributed by atoms with van der Waals surface area (Å²) >= 11 is 0. The van der Waals surface area contributed by atoms with Crippen LogP contribution >= 0.6 is 0 Å². The van der Waals surface area contributed by atoms with Crippen LogP contribution in [0.1, 0.15) is 11.6 Å². The fraction of sp³-hybridized carbons (Fsp3) is 0.500. The van der Waals surface area contributed by atoms with Crippen molar-refractivity contribution >= 4 is 5.91 Å². The highest BCUT2D eigenvalue weighted by atomic mass is 16.1. The SMILES string of the molecule is CN1CCN(C(C(N)=O)c2ccncc2)CC1. The lowest BCUT2D eigenvalue weighted by Gasteiger charge is -2.36. The van der Waals surface area contributed by atoms with E-state index < -0.39 is 0 Å². The van der Waals surface area contributed by atoms with E-state index in [2.05, 4.69) is 21.8 Å². The minimum atomic E-state index is -0.327. The second-order valence-corrected chi connectivity index (χ2v) is 4.42. The van der Waals surface area contributed by atoms with Gasteiger partial charge in [0.25, 0.3) is 0 Å². The van der Waals surface area contributed by atoms with Crippen molar-refractivity contribution in [1.82, 2.24) is 14.8 Å². The van der Waals surface area contributed by atoms with Gasteiger partial charge >= 0.3 is 0 Å². The number of carbonyl (C=O) groups is 1. The van der Waals surface area contributed by atoms with Gasteiger partial charge in [-0.05, 0) is 24.7 Å². The van der Waals surface area contributed by atoms with Gasteiger partial charge in [-0.25, -0.2) is 0 Å². The van der Waals surface area contributed by atoms with Crippen LogP contribution in [0.4, 0.5) is 0 Å². The zero-order valence-electron chi connectivity index (χ0n) is 10.0. The Balaban J connectivity index is 2.16. The summed E-state index contributed by atoms with van der Waals surface area (Å²) in [5.74, 6) is -0.291. The molecule has 0 saturated carbocycles. The first-order chi connectivity index (χ1) is 8.18. The largest absolute Gasteiger partial charge is 0.368 e. The molecule has 0 aliphatic carbocycles. The monoisotopic (exact) mass is 234 g/mol. The maximum atomic E-state index is 11.6. The first kappa shape index (κ1) is 12.0. The lowest BCUT2D eigenvalue weighted by Crippen LogP contribution is -2.49. The first-order valence-corrected chi connectivity index (χ1v) is 5.80. The number of carbonyl (C=O) groups excluding carboxylic acids is 1. The molecule has 0 radical (unpaired) electrons. The number of hydrogen-bond acceptors (Lipinski definition) is 4. The number of pyridine rings is 1. The van der Waals surface area contributed by atoms with Crippen LogP contribution in [-0.2, 0) is 4.79 Å². The topological polar surface area (TPSA) is 62.5 Å². The van der Waals surface area contributed by atoms with Gasteiger partial charge in [-0.3, -0.25) is 14.7 Å². The fourth-order valence-corrected chi connectivity index (χ4v) is 2.18.